The first-order valence-electron chi connectivity index (χ1n) is 7.43. The van der Waals surface area contributed by atoms with Gasteiger partial charge in [0.25, 0.3) is 0 Å². The average molecular weight is 318 g/mol. The van der Waals surface area contributed by atoms with Gasteiger partial charge in [-0.05, 0) is 30.9 Å². The van der Waals surface area contributed by atoms with E-state index in [9.17, 15) is 4.79 Å². The molecule has 0 saturated carbocycles. The number of aryl methyl sites for hydroxylation is 1. The maximum atomic E-state index is 11.8. The third-order valence-electron chi connectivity index (χ3n) is 3.27. The summed E-state index contributed by atoms with van der Waals surface area (Å²) >= 11 is 1.40. The zero-order chi connectivity index (χ0) is 15.9. The number of hydrogen-bond donors (Lipinski definition) is 1. The van der Waals surface area contributed by atoms with Gasteiger partial charge in [-0.3, -0.25) is 9.36 Å². The Labute approximate surface area is 135 Å². The second-order valence-corrected chi connectivity index (χ2v) is 6.53. The fourth-order valence-corrected chi connectivity index (χ4v) is 2.75. The van der Waals surface area contributed by atoms with Crippen LogP contribution < -0.4 is 5.32 Å². The zero-order valence-corrected chi connectivity index (χ0v) is 14.1. The Balaban J connectivity index is 1.94. The minimum atomic E-state index is 0.0324. The molecule has 1 amide bonds. The Bertz CT molecular complexity index is 624. The Morgan fingerprint density at radius 2 is 2.14 bits per heavy atom. The van der Waals surface area contributed by atoms with Gasteiger partial charge in [0.15, 0.2) is 5.16 Å². The van der Waals surface area contributed by atoms with Crippen LogP contribution >= 0.6 is 11.8 Å². The van der Waals surface area contributed by atoms with Crippen molar-refractivity contribution in [3.05, 3.63) is 36.2 Å². The molecule has 6 heteroatoms. The Hall–Kier alpha value is -1.82. The van der Waals surface area contributed by atoms with Crippen molar-refractivity contribution in [2.75, 3.05) is 12.3 Å². The summed E-state index contributed by atoms with van der Waals surface area (Å²) in [7, 11) is 0. The monoisotopic (exact) mass is 318 g/mol. The highest BCUT2D eigenvalue weighted by Gasteiger charge is 2.11. The summed E-state index contributed by atoms with van der Waals surface area (Å²) in [5, 5.41) is 11.7. The third-order valence-corrected chi connectivity index (χ3v) is 4.21. The van der Waals surface area contributed by atoms with Crippen molar-refractivity contribution >= 4 is 17.7 Å². The van der Waals surface area contributed by atoms with Crippen molar-refractivity contribution in [3.63, 3.8) is 0 Å². The standard InChI is InChI=1S/C16H22N4OS/c1-12(2)8-9-17-15(21)10-22-16-19-18-11-20(16)14-7-5-4-6-13(14)3/h4-7,11-12H,8-10H2,1-3H3,(H,17,21). The molecular formula is C16H22N4OS. The summed E-state index contributed by atoms with van der Waals surface area (Å²) in [6.45, 7) is 7.06. The number of benzene rings is 1. The van der Waals surface area contributed by atoms with Crippen molar-refractivity contribution < 1.29 is 4.79 Å². The number of aromatic nitrogens is 3. The summed E-state index contributed by atoms with van der Waals surface area (Å²) in [5.41, 5.74) is 2.18. The molecule has 0 saturated heterocycles. The molecule has 0 aliphatic rings. The molecule has 0 bridgehead atoms. The van der Waals surface area contributed by atoms with Gasteiger partial charge in [0.1, 0.15) is 6.33 Å². The summed E-state index contributed by atoms with van der Waals surface area (Å²) < 4.78 is 1.92. The highest BCUT2D eigenvalue weighted by atomic mass is 32.2. The van der Waals surface area contributed by atoms with Gasteiger partial charge in [0.05, 0.1) is 11.4 Å². The molecule has 118 valence electrons. The fourth-order valence-electron chi connectivity index (χ4n) is 2.00. The topological polar surface area (TPSA) is 59.8 Å². The molecule has 1 aromatic heterocycles. The first-order valence-corrected chi connectivity index (χ1v) is 8.42. The van der Waals surface area contributed by atoms with Gasteiger partial charge in [0, 0.05) is 6.54 Å². The molecule has 1 heterocycles. The molecule has 0 radical (unpaired) electrons. The Morgan fingerprint density at radius 3 is 2.86 bits per heavy atom. The van der Waals surface area contributed by atoms with Gasteiger partial charge in [0.2, 0.25) is 5.91 Å². The lowest BCUT2D eigenvalue weighted by atomic mass is 10.1. The van der Waals surface area contributed by atoms with E-state index in [0.717, 1.165) is 29.4 Å². The highest BCUT2D eigenvalue weighted by Crippen LogP contribution is 2.21. The molecule has 0 fully saturated rings. The highest BCUT2D eigenvalue weighted by molar-refractivity contribution is 7.99. The average Bonchev–Trinajstić information content (AvgIpc) is 2.93. The van der Waals surface area contributed by atoms with Crippen LogP contribution in [0.2, 0.25) is 0 Å². The van der Waals surface area contributed by atoms with E-state index in [1.807, 2.05) is 35.8 Å². The van der Waals surface area contributed by atoms with Gasteiger partial charge in [-0.1, -0.05) is 43.8 Å². The Morgan fingerprint density at radius 1 is 1.36 bits per heavy atom. The number of carbonyl (C=O) groups excluding carboxylic acids is 1. The fraction of sp³-hybridized carbons (Fsp3) is 0.438. The van der Waals surface area contributed by atoms with Crippen molar-refractivity contribution in [2.24, 2.45) is 5.92 Å². The van der Waals surface area contributed by atoms with Crippen LogP contribution in [0.4, 0.5) is 0 Å². The molecule has 5 nitrogen and oxygen atoms in total. The molecule has 2 rings (SSSR count). The molecule has 0 atom stereocenters. The van der Waals surface area contributed by atoms with Crippen molar-refractivity contribution in [1.29, 1.82) is 0 Å². The van der Waals surface area contributed by atoms with Crippen molar-refractivity contribution in [1.82, 2.24) is 20.1 Å². The van der Waals surface area contributed by atoms with Crippen LogP contribution in [0.15, 0.2) is 35.7 Å². The SMILES string of the molecule is Cc1ccccc1-n1cnnc1SCC(=O)NCCC(C)C. The van der Waals surface area contributed by atoms with E-state index >= 15 is 0 Å². The lowest BCUT2D eigenvalue weighted by molar-refractivity contribution is -0.118. The predicted molar refractivity (Wildman–Crippen MR) is 89.3 cm³/mol. The van der Waals surface area contributed by atoms with Crippen LogP contribution in [0.5, 0.6) is 0 Å². The van der Waals surface area contributed by atoms with E-state index in [1.165, 1.54) is 11.8 Å². The second kappa shape index (κ2) is 7.98. The van der Waals surface area contributed by atoms with Crippen LogP contribution in [0, 0.1) is 12.8 Å². The van der Waals surface area contributed by atoms with E-state index in [2.05, 4.69) is 29.4 Å². The van der Waals surface area contributed by atoms with E-state index in [0.29, 0.717) is 11.7 Å². The molecule has 0 aliphatic carbocycles. The molecule has 0 spiro atoms. The zero-order valence-electron chi connectivity index (χ0n) is 13.2. The van der Waals surface area contributed by atoms with Gasteiger partial charge in [-0.25, -0.2) is 0 Å². The minimum Gasteiger partial charge on any atom is -0.355 e. The van der Waals surface area contributed by atoms with Crippen molar-refractivity contribution in [3.8, 4) is 5.69 Å². The number of hydrogen-bond acceptors (Lipinski definition) is 4. The molecule has 1 N–H and O–H groups in total. The largest absolute Gasteiger partial charge is 0.355 e. The van der Waals surface area contributed by atoms with Gasteiger partial charge in [-0.2, -0.15) is 0 Å². The predicted octanol–water partition coefficient (Wildman–Crippen LogP) is 2.83. The van der Waals surface area contributed by atoms with Crippen LogP contribution in [0.25, 0.3) is 5.69 Å². The normalized spacial score (nSPS) is 10.9. The number of thioether (sulfide) groups is 1. The summed E-state index contributed by atoms with van der Waals surface area (Å²) in [6, 6.07) is 8.04. The summed E-state index contributed by atoms with van der Waals surface area (Å²) in [6.07, 6.45) is 2.68. The van der Waals surface area contributed by atoms with Crippen LogP contribution in [-0.2, 0) is 4.79 Å². The minimum absolute atomic E-state index is 0.0324. The third kappa shape index (κ3) is 4.59. The first-order chi connectivity index (χ1) is 10.6. The Kier molecular flexibility index (Phi) is 6.00. The maximum Gasteiger partial charge on any atom is 0.230 e. The first kappa shape index (κ1) is 16.5. The molecule has 2 aromatic rings. The summed E-state index contributed by atoms with van der Waals surface area (Å²) in [4.78, 5) is 11.8. The number of rotatable bonds is 7. The molecule has 22 heavy (non-hydrogen) atoms. The molecule has 0 aliphatic heterocycles. The maximum absolute atomic E-state index is 11.8. The van der Waals surface area contributed by atoms with Crippen LogP contribution in [-0.4, -0.2) is 33.0 Å². The molecule has 1 aromatic carbocycles. The van der Waals surface area contributed by atoms with E-state index in [1.54, 1.807) is 6.33 Å². The second-order valence-electron chi connectivity index (χ2n) is 5.59. The molecule has 0 unspecified atom stereocenters. The van der Waals surface area contributed by atoms with Crippen molar-refractivity contribution in [2.45, 2.75) is 32.3 Å². The van der Waals surface area contributed by atoms with Crippen LogP contribution in [0.3, 0.4) is 0 Å². The lowest BCUT2D eigenvalue weighted by Crippen LogP contribution is -2.27. The number of carbonyl (C=O) groups is 1. The van der Waals surface area contributed by atoms with Gasteiger partial charge >= 0.3 is 0 Å². The smallest absolute Gasteiger partial charge is 0.230 e. The van der Waals surface area contributed by atoms with Gasteiger partial charge < -0.3 is 5.32 Å². The quantitative estimate of drug-likeness (QED) is 0.798. The molecular weight excluding hydrogens is 296 g/mol. The number of para-hydroxylation sites is 1. The van der Waals surface area contributed by atoms with E-state index in [4.69, 9.17) is 0 Å². The number of amides is 1. The van der Waals surface area contributed by atoms with Gasteiger partial charge in [-0.15, -0.1) is 10.2 Å². The number of nitrogens with one attached hydrogen (secondary N) is 1. The van der Waals surface area contributed by atoms with Crippen LogP contribution in [0.1, 0.15) is 25.8 Å². The van der Waals surface area contributed by atoms with E-state index < -0.39 is 0 Å². The summed E-state index contributed by atoms with van der Waals surface area (Å²) in [5.74, 6) is 0.977. The number of nitrogens with zero attached hydrogens (tertiary/aromatic N) is 3. The van der Waals surface area contributed by atoms with E-state index in [-0.39, 0.29) is 5.91 Å². The lowest BCUT2D eigenvalue weighted by Gasteiger charge is -2.09.